The van der Waals surface area contributed by atoms with Crippen molar-refractivity contribution >= 4 is 29.0 Å². The largest absolute Gasteiger partial charge is 0.308 e. The maximum absolute atomic E-state index is 13.0. The van der Waals surface area contributed by atoms with Crippen LogP contribution in [0.1, 0.15) is 12.0 Å². The Morgan fingerprint density at radius 3 is 2.92 bits per heavy atom. The number of nitrogens with zero attached hydrogens (tertiary/aromatic N) is 3. The molecule has 1 aliphatic carbocycles. The molecule has 1 fully saturated rings. The summed E-state index contributed by atoms with van der Waals surface area (Å²) in [5.41, 5.74) is 3.63. The maximum atomic E-state index is 13.0. The molecular formula is C17H14ClFN4O. The number of hydrogen-bond donors (Lipinski definition) is 1. The van der Waals surface area contributed by atoms with E-state index in [-0.39, 0.29) is 23.3 Å². The number of rotatable bonds is 3. The number of imidazole rings is 1. The number of anilines is 1. The number of aryl methyl sites for hydroxylation is 1. The lowest BCUT2D eigenvalue weighted by Gasteiger charge is -2.06. The number of hydrogen-bond acceptors (Lipinski definition) is 3. The third-order valence-corrected chi connectivity index (χ3v) is 4.56. The fourth-order valence-electron chi connectivity index (χ4n) is 2.67. The molecule has 1 saturated carbocycles. The third-order valence-electron chi connectivity index (χ3n) is 4.20. The number of amides is 1. The molecule has 5 nitrogen and oxygen atoms in total. The molecule has 4 rings (SSSR count). The van der Waals surface area contributed by atoms with Crippen molar-refractivity contribution in [2.45, 2.75) is 19.5 Å². The number of carbonyl (C=O) groups is 1. The molecule has 3 aromatic rings. The lowest BCUT2D eigenvalue weighted by molar-refractivity contribution is -0.117. The zero-order valence-corrected chi connectivity index (χ0v) is 13.6. The van der Waals surface area contributed by atoms with E-state index in [4.69, 9.17) is 11.6 Å². The minimum atomic E-state index is -1.05. The van der Waals surface area contributed by atoms with Crippen molar-refractivity contribution in [2.24, 2.45) is 5.92 Å². The highest BCUT2D eigenvalue weighted by Gasteiger charge is 2.44. The molecule has 2 unspecified atom stereocenters. The zero-order valence-electron chi connectivity index (χ0n) is 12.8. The monoisotopic (exact) mass is 344 g/mol. The first-order valence-corrected chi connectivity index (χ1v) is 7.96. The van der Waals surface area contributed by atoms with Gasteiger partial charge in [0, 0.05) is 29.7 Å². The molecule has 1 amide bonds. The lowest BCUT2D eigenvalue weighted by Crippen LogP contribution is -2.15. The molecule has 0 spiro atoms. The van der Waals surface area contributed by atoms with Crippen LogP contribution in [0.2, 0.25) is 5.15 Å². The summed E-state index contributed by atoms with van der Waals surface area (Å²) in [5.74, 6) is -0.712. The fraction of sp³-hybridized carbons (Fsp3) is 0.235. The first-order chi connectivity index (χ1) is 11.5. The number of halogens is 2. The van der Waals surface area contributed by atoms with Gasteiger partial charge in [0.2, 0.25) is 5.91 Å². The highest BCUT2D eigenvalue weighted by Crippen LogP contribution is 2.35. The van der Waals surface area contributed by atoms with Crippen LogP contribution >= 0.6 is 11.6 Å². The highest BCUT2D eigenvalue weighted by atomic mass is 35.5. The van der Waals surface area contributed by atoms with Gasteiger partial charge in [-0.05, 0) is 37.1 Å². The molecule has 0 aliphatic heterocycles. The van der Waals surface area contributed by atoms with Gasteiger partial charge in [0.1, 0.15) is 11.8 Å². The standard InChI is InChI=1S/C17H14ClFN4O/c1-9-4-5-20-7-12(9)10-2-3-14-21-16(15(18)23(14)8-10)22-17(24)11-6-13(11)19/h2-5,7-8,11,13H,6H2,1H3,(H,22,24). The summed E-state index contributed by atoms with van der Waals surface area (Å²) >= 11 is 6.34. The number of fused-ring (bicyclic) bond motifs is 1. The quantitative estimate of drug-likeness (QED) is 0.789. The third kappa shape index (κ3) is 2.53. The van der Waals surface area contributed by atoms with E-state index in [9.17, 15) is 9.18 Å². The van der Waals surface area contributed by atoms with E-state index < -0.39 is 12.1 Å². The summed E-state index contributed by atoms with van der Waals surface area (Å²) in [6.45, 7) is 2.01. The van der Waals surface area contributed by atoms with E-state index in [0.717, 1.165) is 16.7 Å². The maximum Gasteiger partial charge on any atom is 0.231 e. The van der Waals surface area contributed by atoms with E-state index in [1.54, 1.807) is 16.8 Å². The van der Waals surface area contributed by atoms with Crippen LogP contribution in [-0.4, -0.2) is 26.4 Å². The van der Waals surface area contributed by atoms with Gasteiger partial charge in [-0.15, -0.1) is 0 Å². The van der Waals surface area contributed by atoms with Crippen molar-refractivity contribution in [2.75, 3.05) is 5.32 Å². The van der Waals surface area contributed by atoms with Crippen LogP contribution in [0.15, 0.2) is 36.8 Å². The summed E-state index contributed by atoms with van der Waals surface area (Å²) in [7, 11) is 0. The Labute approximate surface area is 142 Å². The lowest BCUT2D eigenvalue weighted by atomic mass is 10.1. The SMILES string of the molecule is Cc1ccncc1-c1ccc2nc(NC(=O)C3CC3F)c(Cl)n2c1. The van der Waals surface area contributed by atoms with Crippen molar-refractivity contribution in [1.82, 2.24) is 14.4 Å². The van der Waals surface area contributed by atoms with Crippen LogP contribution in [0.25, 0.3) is 16.8 Å². The molecule has 3 aromatic heterocycles. The minimum Gasteiger partial charge on any atom is -0.308 e. The zero-order chi connectivity index (χ0) is 16.8. The Bertz CT molecular complexity index is 955. The van der Waals surface area contributed by atoms with Gasteiger partial charge in [-0.2, -0.15) is 0 Å². The molecule has 0 bridgehead atoms. The molecule has 7 heteroatoms. The van der Waals surface area contributed by atoms with Crippen LogP contribution < -0.4 is 5.32 Å². The molecule has 1 aliphatic rings. The Morgan fingerprint density at radius 1 is 1.42 bits per heavy atom. The Hall–Kier alpha value is -2.47. The van der Waals surface area contributed by atoms with Crippen LogP contribution in [-0.2, 0) is 4.79 Å². The van der Waals surface area contributed by atoms with Gasteiger partial charge in [-0.25, -0.2) is 9.37 Å². The number of pyridine rings is 2. The van der Waals surface area contributed by atoms with E-state index in [0.29, 0.717) is 5.65 Å². The number of carbonyl (C=O) groups excluding carboxylic acids is 1. The molecule has 1 N–H and O–H groups in total. The number of nitrogens with one attached hydrogen (secondary N) is 1. The van der Waals surface area contributed by atoms with Gasteiger partial charge in [0.05, 0.1) is 5.92 Å². The Kier molecular flexibility index (Phi) is 3.49. The van der Waals surface area contributed by atoms with Crippen LogP contribution in [0.4, 0.5) is 10.2 Å². The summed E-state index contributed by atoms with van der Waals surface area (Å²) in [6, 6.07) is 5.68. The molecule has 0 aromatic carbocycles. The highest BCUT2D eigenvalue weighted by molar-refractivity contribution is 6.32. The predicted octanol–water partition coefficient (Wildman–Crippen LogP) is 3.65. The van der Waals surface area contributed by atoms with Crippen molar-refractivity contribution in [1.29, 1.82) is 0 Å². The summed E-state index contributed by atoms with van der Waals surface area (Å²) in [5, 5.41) is 2.90. The average Bonchev–Trinajstić information content (AvgIpc) is 3.23. The van der Waals surface area contributed by atoms with Crippen LogP contribution in [0.3, 0.4) is 0 Å². The van der Waals surface area contributed by atoms with Crippen LogP contribution in [0, 0.1) is 12.8 Å². The van der Waals surface area contributed by atoms with Gasteiger partial charge < -0.3 is 5.32 Å². The Balaban J connectivity index is 1.71. The van der Waals surface area contributed by atoms with Gasteiger partial charge in [0.15, 0.2) is 11.0 Å². The van der Waals surface area contributed by atoms with E-state index >= 15 is 0 Å². The topological polar surface area (TPSA) is 59.3 Å². The van der Waals surface area contributed by atoms with Gasteiger partial charge in [-0.1, -0.05) is 11.6 Å². The van der Waals surface area contributed by atoms with Crippen molar-refractivity contribution in [3.05, 3.63) is 47.5 Å². The van der Waals surface area contributed by atoms with Crippen molar-refractivity contribution < 1.29 is 9.18 Å². The normalized spacial score (nSPS) is 19.5. The predicted molar refractivity (Wildman–Crippen MR) is 89.8 cm³/mol. The Morgan fingerprint density at radius 2 is 2.21 bits per heavy atom. The average molecular weight is 345 g/mol. The second-order valence-corrected chi connectivity index (χ2v) is 6.29. The van der Waals surface area contributed by atoms with Gasteiger partial charge in [-0.3, -0.25) is 14.2 Å². The van der Waals surface area contributed by atoms with E-state index in [2.05, 4.69) is 15.3 Å². The molecule has 122 valence electrons. The van der Waals surface area contributed by atoms with E-state index in [1.807, 2.05) is 31.3 Å². The van der Waals surface area contributed by atoms with Crippen molar-refractivity contribution in [3.8, 4) is 11.1 Å². The smallest absolute Gasteiger partial charge is 0.231 e. The summed E-state index contributed by atoms with van der Waals surface area (Å²) < 4.78 is 14.7. The second-order valence-electron chi connectivity index (χ2n) is 5.94. The first-order valence-electron chi connectivity index (χ1n) is 7.58. The summed E-state index contributed by atoms with van der Waals surface area (Å²) in [6.07, 6.45) is 4.59. The summed E-state index contributed by atoms with van der Waals surface area (Å²) in [4.78, 5) is 20.3. The van der Waals surface area contributed by atoms with Crippen molar-refractivity contribution in [3.63, 3.8) is 0 Å². The minimum absolute atomic E-state index is 0.251. The first kappa shape index (κ1) is 15.1. The van der Waals surface area contributed by atoms with Crippen LogP contribution in [0.5, 0.6) is 0 Å². The second kappa shape index (κ2) is 5.56. The molecule has 2 atom stereocenters. The molecule has 0 radical (unpaired) electrons. The fourth-order valence-corrected chi connectivity index (χ4v) is 2.89. The molecule has 0 saturated heterocycles. The molecule has 3 heterocycles. The molecular weight excluding hydrogens is 331 g/mol. The number of aromatic nitrogens is 3. The van der Waals surface area contributed by atoms with Gasteiger partial charge in [0.25, 0.3) is 0 Å². The molecule has 24 heavy (non-hydrogen) atoms. The van der Waals surface area contributed by atoms with Gasteiger partial charge >= 0.3 is 0 Å². The van der Waals surface area contributed by atoms with E-state index in [1.165, 1.54) is 0 Å². The number of alkyl halides is 1.